The third kappa shape index (κ3) is 2.46. The number of rotatable bonds is 3. The smallest absolute Gasteiger partial charge is 0.252 e. The third-order valence-electron chi connectivity index (χ3n) is 2.66. The van der Waals surface area contributed by atoms with Crippen molar-refractivity contribution in [2.24, 2.45) is 0 Å². The van der Waals surface area contributed by atoms with Gasteiger partial charge in [-0.25, -0.2) is 4.39 Å². The van der Waals surface area contributed by atoms with E-state index in [9.17, 15) is 9.18 Å². The Morgan fingerprint density at radius 1 is 1.50 bits per heavy atom. The van der Waals surface area contributed by atoms with Gasteiger partial charge in [-0.3, -0.25) is 4.79 Å². The van der Waals surface area contributed by atoms with E-state index in [1.165, 1.54) is 18.2 Å². The van der Waals surface area contributed by atoms with Crippen LogP contribution in [0.1, 0.15) is 23.2 Å². The number of amides is 1. The van der Waals surface area contributed by atoms with Crippen LogP contribution in [-0.4, -0.2) is 16.8 Å². The molecule has 0 radical (unpaired) electrons. The topological polar surface area (TPSA) is 29.1 Å². The van der Waals surface area contributed by atoms with Crippen molar-refractivity contribution < 1.29 is 9.18 Å². The lowest BCUT2D eigenvalue weighted by Crippen LogP contribution is -2.38. The van der Waals surface area contributed by atoms with E-state index < -0.39 is 5.82 Å². The molecular weight excluding hydrogens is 341 g/mol. The Bertz CT molecular complexity index is 432. The van der Waals surface area contributed by atoms with Crippen LogP contribution in [0, 0.1) is 5.82 Å². The van der Waals surface area contributed by atoms with Gasteiger partial charge in [0.25, 0.3) is 5.91 Å². The van der Waals surface area contributed by atoms with Crippen molar-refractivity contribution in [1.82, 2.24) is 5.32 Å². The van der Waals surface area contributed by atoms with Crippen LogP contribution in [0.5, 0.6) is 0 Å². The average Bonchev–Trinajstić information content (AvgIpc) is 3.02. The highest BCUT2D eigenvalue weighted by Gasteiger charge is 2.43. The molecule has 0 spiro atoms. The Kier molecular flexibility index (Phi) is 3.35. The molecule has 1 aliphatic rings. The number of benzene rings is 1. The van der Waals surface area contributed by atoms with Gasteiger partial charge in [0.05, 0.1) is 11.1 Å². The summed E-state index contributed by atoms with van der Waals surface area (Å²) in [5, 5.41) is 3.65. The molecule has 1 aliphatic carbocycles. The number of carbonyl (C=O) groups excluding carboxylic acids is 1. The van der Waals surface area contributed by atoms with Crippen molar-refractivity contribution in [3.63, 3.8) is 0 Å². The Morgan fingerprint density at radius 3 is 2.75 bits per heavy atom. The van der Waals surface area contributed by atoms with Crippen LogP contribution < -0.4 is 5.32 Å². The molecule has 0 atom stereocenters. The lowest BCUT2D eigenvalue weighted by atomic mass is 10.2. The summed E-state index contributed by atoms with van der Waals surface area (Å²) in [5.41, 5.74) is 0.218. The normalized spacial score (nSPS) is 16.9. The van der Waals surface area contributed by atoms with Crippen molar-refractivity contribution in [2.45, 2.75) is 18.4 Å². The molecule has 0 unspecified atom stereocenters. The Morgan fingerprint density at radius 2 is 2.19 bits per heavy atom. The number of hydrogen-bond acceptors (Lipinski definition) is 1. The number of nitrogens with one attached hydrogen (secondary N) is 1. The molecule has 0 saturated heterocycles. The average molecular weight is 351 g/mol. The summed E-state index contributed by atoms with van der Waals surface area (Å²) in [6.07, 6.45) is 1.94. The van der Waals surface area contributed by atoms with E-state index in [4.69, 9.17) is 0 Å². The molecular formula is C11H10Br2FNO. The quantitative estimate of drug-likeness (QED) is 0.833. The maximum absolute atomic E-state index is 13.0. The fourth-order valence-corrected chi connectivity index (χ4v) is 2.55. The first-order valence-corrected chi connectivity index (χ1v) is 6.81. The number of carbonyl (C=O) groups is 1. The molecule has 1 saturated carbocycles. The van der Waals surface area contributed by atoms with Crippen molar-refractivity contribution in [3.05, 3.63) is 34.1 Å². The molecule has 2 nitrogen and oxygen atoms in total. The highest BCUT2D eigenvalue weighted by Crippen LogP contribution is 2.37. The van der Waals surface area contributed by atoms with E-state index in [0.29, 0.717) is 10.0 Å². The van der Waals surface area contributed by atoms with Crippen molar-refractivity contribution >= 4 is 37.8 Å². The summed E-state index contributed by atoms with van der Waals surface area (Å²) < 4.78 is 13.6. The first-order valence-electron chi connectivity index (χ1n) is 4.90. The summed E-state index contributed by atoms with van der Waals surface area (Å²) in [6, 6.07) is 4.10. The monoisotopic (exact) mass is 349 g/mol. The van der Waals surface area contributed by atoms with Gasteiger partial charge in [0.1, 0.15) is 5.82 Å². The molecule has 0 aliphatic heterocycles. The zero-order valence-corrected chi connectivity index (χ0v) is 11.6. The Hall–Kier alpha value is -0.420. The lowest BCUT2D eigenvalue weighted by Gasteiger charge is -2.14. The van der Waals surface area contributed by atoms with Gasteiger partial charge in [-0.05, 0) is 47.0 Å². The second-order valence-electron chi connectivity index (χ2n) is 3.99. The Balaban J connectivity index is 2.17. The summed E-state index contributed by atoms with van der Waals surface area (Å²) in [4.78, 5) is 11.9. The molecule has 1 fully saturated rings. The highest BCUT2D eigenvalue weighted by atomic mass is 79.9. The van der Waals surface area contributed by atoms with Crippen LogP contribution in [0.4, 0.5) is 4.39 Å². The van der Waals surface area contributed by atoms with Gasteiger partial charge in [0.15, 0.2) is 0 Å². The van der Waals surface area contributed by atoms with E-state index in [0.717, 1.165) is 18.2 Å². The van der Waals surface area contributed by atoms with Crippen LogP contribution in [0.15, 0.2) is 22.7 Å². The maximum Gasteiger partial charge on any atom is 0.252 e. The number of alkyl halides is 1. The summed E-state index contributed by atoms with van der Waals surface area (Å²) in [7, 11) is 0. The predicted octanol–water partition coefficient (Wildman–Crippen LogP) is 3.25. The molecule has 5 heteroatoms. The molecule has 1 aromatic carbocycles. The fourth-order valence-electron chi connectivity index (χ4n) is 1.42. The molecule has 16 heavy (non-hydrogen) atoms. The van der Waals surface area contributed by atoms with Crippen LogP contribution in [-0.2, 0) is 0 Å². The van der Waals surface area contributed by atoms with Crippen LogP contribution in [0.3, 0.4) is 0 Å². The number of halogens is 3. The van der Waals surface area contributed by atoms with Gasteiger partial charge in [-0.2, -0.15) is 0 Å². The molecule has 1 N–H and O–H groups in total. The van der Waals surface area contributed by atoms with E-state index >= 15 is 0 Å². The molecule has 1 aromatic rings. The number of hydrogen-bond donors (Lipinski definition) is 1. The second kappa shape index (κ2) is 4.45. The fraction of sp³-hybridized carbons (Fsp3) is 0.364. The lowest BCUT2D eigenvalue weighted by molar-refractivity contribution is 0.0935. The van der Waals surface area contributed by atoms with E-state index in [2.05, 4.69) is 37.2 Å². The van der Waals surface area contributed by atoms with Crippen molar-refractivity contribution in [3.8, 4) is 0 Å². The van der Waals surface area contributed by atoms with Crippen LogP contribution in [0.2, 0.25) is 0 Å². The van der Waals surface area contributed by atoms with E-state index in [1.54, 1.807) is 0 Å². The van der Waals surface area contributed by atoms with Crippen LogP contribution >= 0.6 is 31.9 Å². The molecule has 1 amide bonds. The van der Waals surface area contributed by atoms with Crippen LogP contribution in [0.25, 0.3) is 0 Å². The summed E-state index contributed by atoms with van der Waals surface area (Å²) >= 11 is 6.61. The first-order chi connectivity index (χ1) is 7.56. The van der Waals surface area contributed by atoms with Gasteiger partial charge in [0, 0.05) is 9.80 Å². The van der Waals surface area contributed by atoms with Crippen molar-refractivity contribution in [2.75, 3.05) is 5.33 Å². The highest BCUT2D eigenvalue weighted by molar-refractivity contribution is 9.10. The minimum atomic E-state index is -0.406. The van der Waals surface area contributed by atoms with Gasteiger partial charge in [-0.1, -0.05) is 15.9 Å². The third-order valence-corrected chi connectivity index (χ3v) is 4.43. The standard InChI is InChI=1S/C11H10Br2FNO/c12-6-11(3-4-11)15-10(16)8-5-7(14)1-2-9(8)13/h1-2,5H,3-4,6H2,(H,15,16). The summed E-state index contributed by atoms with van der Waals surface area (Å²) in [5.74, 6) is -0.639. The van der Waals surface area contributed by atoms with Crippen molar-refractivity contribution in [1.29, 1.82) is 0 Å². The van der Waals surface area contributed by atoms with Gasteiger partial charge in [-0.15, -0.1) is 0 Å². The van der Waals surface area contributed by atoms with Gasteiger partial charge < -0.3 is 5.32 Å². The zero-order valence-electron chi connectivity index (χ0n) is 8.40. The first kappa shape index (κ1) is 12.0. The zero-order chi connectivity index (χ0) is 11.8. The summed E-state index contributed by atoms with van der Waals surface area (Å²) in [6.45, 7) is 0. The Labute approximate surface area is 110 Å². The molecule has 0 aromatic heterocycles. The predicted molar refractivity (Wildman–Crippen MR) is 67.3 cm³/mol. The largest absolute Gasteiger partial charge is 0.346 e. The molecule has 2 rings (SSSR count). The van der Waals surface area contributed by atoms with E-state index in [1.807, 2.05) is 0 Å². The minimum absolute atomic E-state index is 0.122. The van der Waals surface area contributed by atoms with Gasteiger partial charge >= 0.3 is 0 Å². The molecule has 86 valence electrons. The SMILES string of the molecule is O=C(NC1(CBr)CC1)c1cc(F)ccc1Br. The van der Waals surface area contributed by atoms with E-state index in [-0.39, 0.29) is 11.4 Å². The second-order valence-corrected chi connectivity index (χ2v) is 5.41. The molecule has 0 bridgehead atoms. The molecule has 0 heterocycles. The minimum Gasteiger partial charge on any atom is -0.346 e. The maximum atomic E-state index is 13.0. The van der Waals surface area contributed by atoms with Gasteiger partial charge in [0.2, 0.25) is 0 Å².